The molecule has 2 heterocycles. The van der Waals surface area contributed by atoms with E-state index in [0.29, 0.717) is 19.8 Å². The number of piperazine rings is 1. The summed E-state index contributed by atoms with van der Waals surface area (Å²) >= 11 is 6.10. The van der Waals surface area contributed by atoms with E-state index >= 15 is 0 Å². The number of quaternary nitrogens is 1. The van der Waals surface area contributed by atoms with Crippen LogP contribution in [0, 0.1) is 0 Å². The van der Waals surface area contributed by atoms with Gasteiger partial charge in [-0.05, 0) is 42.8 Å². The predicted molar refractivity (Wildman–Crippen MR) is 113 cm³/mol. The highest BCUT2D eigenvalue weighted by molar-refractivity contribution is 6.30. The first kappa shape index (κ1) is 19.9. The molecule has 0 saturated carbocycles. The molecule has 1 saturated heterocycles. The minimum atomic E-state index is -0.0783. The third-order valence-electron chi connectivity index (χ3n) is 5.50. The van der Waals surface area contributed by atoms with Crippen LogP contribution < -0.4 is 24.6 Å². The van der Waals surface area contributed by atoms with Crippen molar-refractivity contribution in [1.29, 1.82) is 0 Å². The number of anilines is 1. The van der Waals surface area contributed by atoms with Crippen LogP contribution in [0.5, 0.6) is 11.5 Å². The van der Waals surface area contributed by atoms with Crippen LogP contribution in [0.3, 0.4) is 0 Å². The maximum Gasteiger partial charge on any atom is 0.275 e. The first-order valence-electron chi connectivity index (χ1n) is 10.1. The third kappa shape index (κ3) is 4.95. The molecule has 0 unspecified atom stereocenters. The molecule has 0 spiro atoms. The van der Waals surface area contributed by atoms with Gasteiger partial charge in [-0.1, -0.05) is 23.7 Å². The number of halogens is 1. The lowest BCUT2D eigenvalue weighted by Crippen LogP contribution is -3.15. The number of carbonyl (C=O) groups is 1. The van der Waals surface area contributed by atoms with Gasteiger partial charge >= 0.3 is 0 Å². The number of rotatable bonds is 5. The molecule has 2 aromatic carbocycles. The molecule has 2 N–H and O–H groups in total. The number of hydrogen-bond acceptors (Lipinski definition) is 4. The van der Waals surface area contributed by atoms with Gasteiger partial charge in [-0.3, -0.25) is 4.79 Å². The summed E-state index contributed by atoms with van der Waals surface area (Å²) in [6, 6.07) is 13.7. The van der Waals surface area contributed by atoms with Crippen molar-refractivity contribution in [3.05, 3.63) is 53.1 Å². The largest absolute Gasteiger partial charge is 0.486 e. The van der Waals surface area contributed by atoms with E-state index in [4.69, 9.17) is 21.1 Å². The number of nitrogens with zero attached hydrogens (tertiary/aromatic N) is 1. The van der Waals surface area contributed by atoms with Crippen LogP contribution in [0.2, 0.25) is 5.02 Å². The van der Waals surface area contributed by atoms with Gasteiger partial charge in [0.15, 0.2) is 18.0 Å². The summed E-state index contributed by atoms with van der Waals surface area (Å²) in [6.07, 6.45) is 0. The zero-order valence-corrected chi connectivity index (χ0v) is 17.4. The van der Waals surface area contributed by atoms with Gasteiger partial charge in [-0.2, -0.15) is 0 Å². The Labute approximate surface area is 176 Å². The fourth-order valence-corrected chi connectivity index (χ4v) is 4.05. The SMILES string of the molecule is C[C@H](NC(=O)C[NH+]1CCN(c2cccc(Cl)c2)CC1)c1ccc2c(c1)OCCO2. The summed E-state index contributed by atoms with van der Waals surface area (Å²) < 4.78 is 11.2. The van der Waals surface area contributed by atoms with E-state index in [0.717, 1.165) is 54.0 Å². The zero-order valence-electron chi connectivity index (χ0n) is 16.6. The average Bonchev–Trinajstić information content (AvgIpc) is 2.74. The topological polar surface area (TPSA) is 55.2 Å². The molecule has 2 aliphatic heterocycles. The van der Waals surface area contributed by atoms with E-state index in [2.05, 4.69) is 16.3 Å². The van der Waals surface area contributed by atoms with Gasteiger partial charge in [0.2, 0.25) is 0 Å². The van der Waals surface area contributed by atoms with Crippen molar-refractivity contribution in [1.82, 2.24) is 5.32 Å². The normalized spacial score (nSPS) is 17.7. The minimum Gasteiger partial charge on any atom is -0.486 e. The van der Waals surface area contributed by atoms with Crippen LogP contribution in [0.1, 0.15) is 18.5 Å². The Kier molecular flexibility index (Phi) is 6.11. The molecule has 0 aliphatic carbocycles. The molecule has 4 rings (SSSR count). The van der Waals surface area contributed by atoms with Crippen LogP contribution in [0.15, 0.2) is 42.5 Å². The second-order valence-electron chi connectivity index (χ2n) is 7.59. The van der Waals surface area contributed by atoms with Crippen molar-refractivity contribution < 1.29 is 19.2 Å². The Morgan fingerprint density at radius 3 is 2.66 bits per heavy atom. The van der Waals surface area contributed by atoms with Crippen molar-refractivity contribution in [3.63, 3.8) is 0 Å². The lowest BCUT2D eigenvalue weighted by atomic mass is 10.1. The van der Waals surface area contributed by atoms with Crippen LogP contribution >= 0.6 is 11.6 Å². The van der Waals surface area contributed by atoms with E-state index in [1.54, 1.807) is 0 Å². The summed E-state index contributed by atoms with van der Waals surface area (Å²) in [5.74, 6) is 1.58. The molecule has 7 heteroatoms. The summed E-state index contributed by atoms with van der Waals surface area (Å²) in [4.78, 5) is 16.2. The molecule has 0 radical (unpaired) electrons. The molecule has 29 heavy (non-hydrogen) atoms. The Balaban J connectivity index is 1.27. The smallest absolute Gasteiger partial charge is 0.275 e. The highest BCUT2D eigenvalue weighted by Gasteiger charge is 2.23. The number of hydrogen-bond donors (Lipinski definition) is 2. The van der Waals surface area contributed by atoms with Gasteiger partial charge < -0.3 is 24.6 Å². The summed E-state index contributed by atoms with van der Waals surface area (Å²) in [7, 11) is 0. The van der Waals surface area contributed by atoms with Gasteiger partial charge in [0.05, 0.1) is 32.2 Å². The molecular formula is C22H27ClN3O3+. The van der Waals surface area contributed by atoms with E-state index in [1.165, 1.54) is 4.90 Å². The quantitative estimate of drug-likeness (QED) is 0.779. The number of carbonyl (C=O) groups excluding carboxylic acids is 1. The Hall–Kier alpha value is -2.44. The first-order chi connectivity index (χ1) is 14.1. The number of benzene rings is 2. The van der Waals surface area contributed by atoms with Gasteiger partial charge in [-0.25, -0.2) is 0 Å². The number of amides is 1. The van der Waals surface area contributed by atoms with Crippen molar-refractivity contribution in [2.24, 2.45) is 0 Å². The van der Waals surface area contributed by atoms with Gasteiger partial charge in [0.1, 0.15) is 13.2 Å². The number of fused-ring (bicyclic) bond motifs is 1. The van der Waals surface area contributed by atoms with Gasteiger partial charge in [0.25, 0.3) is 5.91 Å². The highest BCUT2D eigenvalue weighted by atomic mass is 35.5. The van der Waals surface area contributed by atoms with Crippen LogP contribution in [0.25, 0.3) is 0 Å². The van der Waals surface area contributed by atoms with Gasteiger partial charge in [0, 0.05) is 10.7 Å². The second kappa shape index (κ2) is 8.93. The van der Waals surface area contributed by atoms with Crippen molar-refractivity contribution in [2.45, 2.75) is 13.0 Å². The molecule has 1 amide bonds. The molecule has 1 atom stereocenters. The van der Waals surface area contributed by atoms with Gasteiger partial charge in [-0.15, -0.1) is 0 Å². The molecule has 2 aliphatic rings. The van der Waals surface area contributed by atoms with E-state index in [9.17, 15) is 4.79 Å². The fourth-order valence-electron chi connectivity index (χ4n) is 3.86. The molecule has 154 valence electrons. The molecule has 6 nitrogen and oxygen atoms in total. The Morgan fingerprint density at radius 2 is 1.90 bits per heavy atom. The van der Waals surface area contributed by atoms with E-state index < -0.39 is 0 Å². The van der Waals surface area contributed by atoms with Crippen LogP contribution in [-0.4, -0.2) is 51.8 Å². The second-order valence-corrected chi connectivity index (χ2v) is 8.02. The minimum absolute atomic E-state index is 0.0681. The first-order valence-corrected chi connectivity index (χ1v) is 10.5. The predicted octanol–water partition coefficient (Wildman–Crippen LogP) is 1.69. The van der Waals surface area contributed by atoms with Crippen molar-refractivity contribution in [2.75, 3.05) is 50.8 Å². The summed E-state index contributed by atoms with van der Waals surface area (Å²) in [5, 5.41) is 3.87. The lowest BCUT2D eigenvalue weighted by molar-refractivity contribution is -0.892. The molecule has 2 aromatic rings. The average molecular weight is 417 g/mol. The maximum absolute atomic E-state index is 12.6. The molecule has 0 aromatic heterocycles. The van der Waals surface area contributed by atoms with Crippen molar-refractivity contribution in [3.8, 4) is 11.5 Å². The Bertz CT molecular complexity index is 868. The maximum atomic E-state index is 12.6. The molecule has 0 bridgehead atoms. The number of ether oxygens (including phenoxy) is 2. The zero-order chi connectivity index (χ0) is 20.2. The highest BCUT2D eigenvalue weighted by Crippen LogP contribution is 2.32. The monoisotopic (exact) mass is 416 g/mol. The fraction of sp³-hybridized carbons (Fsp3) is 0.409. The Morgan fingerprint density at radius 1 is 1.14 bits per heavy atom. The van der Waals surface area contributed by atoms with E-state index in [-0.39, 0.29) is 11.9 Å². The summed E-state index contributed by atoms with van der Waals surface area (Å²) in [6.45, 7) is 7.31. The summed E-state index contributed by atoms with van der Waals surface area (Å²) in [5.41, 5.74) is 2.16. The number of nitrogens with one attached hydrogen (secondary N) is 2. The van der Waals surface area contributed by atoms with E-state index in [1.807, 2.05) is 43.3 Å². The van der Waals surface area contributed by atoms with Crippen LogP contribution in [-0.2, 0) is 4.79 Å². The molecular weight excluding hydrogens is 390 g/mol. The van der Waals surface area contributed by atoms with Crippen LogP contribution in [0.4, 0.5) is 5.69 Å². The lowest BCUT2D eigenvalue weighted by Gasteiger charge is -2.33. The third-order valence-corrected chi connectivity index (χ3v) is 5.73. The van der Waals surface area contributed by atoms with Crippen molar-refractivity contribution >= 4 is 23.2 Å². The molecule has 1 fully saturated rings. The standard InChI is InChI=1S/C22H26ClN3O3/c1-16(17-5-6-20-21(13-17)29-12-11-28-20)24-22(27)15-25-7-9-26(10-8-25)19-4-2-3-18(23)14-19/h2-6,13-14,16H,7-12,15H2,1H3,(H,24,27)/p+1/t16-/m0/s1.